The van der Waals surface area contributed by atoms with E-state index < -0.39 is 0 Å². The quantitative estimate of drug-likeness (QED) is 0.694. The third kappa shape index (κ3) is 2.22. The van der Waals surface area contributed by atoms with Gasteiger partial charge in [0, 0.05) is 12.6 Å². The monoisotopic (exact) mass is 232 g/mol. The molecule has 0 bridgehead atoms. The molecule has 0 aromatic carbocycles. The first kappa shape index (κ1) is 11.5. The molecule has 2 heteroatoms. The largest absolute Gasteiger partial charge is 0.299 e. The van der Waals surface area contributed by atoms with Gasteiger partial charge in [-0.1, -0.05) is 25.7 Å². The molecule has 3 rings (SSSR count). The zero-order valence-corrected chi connectivity index (χ0v) is 10.8. The van der Waals surface area contributed by atoms with E-state index >= 15 is 0 Å². The molecule has 4 atom stereocenters. The Kier molecular flexibility index (Phi) is 3.38. The van der Waals surface area contributed by atoms with Crippen LogP contribution in [0.25, 0.3) is 0 Å². The van der Waals surface area contributed by atoms with Gasteiger partial charge in [0.25, 0.3) is 0 Å². The number of nitrogens with zero attached hydrogens (tertiary/aromatic N) is 2. The first-order valence-corrected chi connectivity index (χ1v) is 7.52. The lowest BCUT2D eigenvalue weighted by Gasteiger charge is -2.44. The van der Waals surface area contributed by atoms with Crippen molar-refractivity contribution in [1.82, 2.24) is 4.90 Å². The summed E-state index contributed by atoms with van der Waals surface area (Å²) in [5.74, 6) is 2.30. The fourth-order valence-corrected chi connectivity index (χ4v) is 4.46. The Morgan fingerprint density at radius 2 is 1.71 bits per heavy atom. The van der Waals surface area contributed by atoms with E-state index in [0.29, 0.717) is 12.0 Å². The van der Waals surface area contributed by atoms with Crippen molar-refractivity contribution < 1.29 is 0 Å². The second-order valence-electron chi connectivity index (χ2n) is 6.32. The smallest absolute Gasteiger partial charge is 0.0672 e. The molecule has 0 amide bonds. The molecule has 17 heavy (non-hydrogen) atoms. The van der Waals surface area contributed by atoms with Crippen LogP contribution in [0.4, 0.5) is 0 Å². The highest BCUT2D eigenvalue weighted by Gasteiger charge is 2.38. The maximum absolute atomic E-state index is 9.22. The Morgan fingerprint density at radius 1 is 0.882 bits per heavy atom. The van der Waals surface area contributed by atoms with E-state index in [1.165, 1.54) is 58.0 Å². The number of nitriles is 1. The molecule has 94 valence electrons. The summed E-state index contributed by atoms with van der Waals surface area (Å²) >= 11 is 0. The minimum Gasteiger partial charge on any atom is -0.299 e. The molecule has 1 heterocycles. The van der Waals surface area contributed by atoms with Crippen molar-refractivity contribution in [2.24, 2.45) is 17.8 Å². The van der Waals surface area contributed by atoms with E-state index in [1.807, 2.05) is 0 Å². The highest BCUT2D eigenvalue weighted by molar-refractivity contribution is 4.99. The third-order valence-electron chi connectivity index (χ3n) is 5.44. The average molecular weight is 232 g/mol. The Morgan fingerprint density at radius 3 is 2.53 bits per heavy atom. The first-order chi connectivity index (χ1) is 8.38. The molecule has 0 aromatic heterocycles. The van der Waals surface area contributed by atoms with Crippen molar-refractivity contribution in [3.63, 3.8) is 0 Å². The van der Waals surface area contributed by atoms with Gasteiger partial charge >= 0.3 is 0 Å². The highest BCUT2D eigenvalue weighted by Crippen LogP contribution is 2.39. The molecule has 2 nitrogen and oxygen atoms in total. The molecular weight excluding hydrogens is 208 g/mol. The second kappa shape index (κ2) is 4.98. The van der Waals surface area contributed by atoms with Crippen LogP contribution in [-0.2, 0) is 0 Å². The van der Waals surface area contributed by atoms with E-state index in [1.54, 1.807) is 0 Å². The lowest BCUT2D eigenvalue weighted by atomic mass is 9.74. The van der Waals surface area contributed by atoms with Crippen molar-refractivity contribution in [3.05, 3.63) is 0 Å². The number of hydrogen-bond acceptors (Lipinski definition) is 2. The van der Waals surface area contributed by atoms with Crippen LogP contribution in [0.3, 0.4) is 0 Å². The SMILES string of the molecule is N#CC1CCCC1N1CCC2CCCCC2C1. The number of hydrogen-bond donors (Lipinski definition) is 0. The summed E-state index contributed by atoms with van der Waals surface area (Å²) in [6.45, 7) is 2.57. The van der Waals surface area contributed by atoms with Gasteiger partial charge in [0.15, 0.2) is 0 Å². The summed E-state index contributed by atoms with van der Waals surface area (Å²) in [5.41, 5.74) is 0. The van der Waals surface area contributed by atoms with Crippen LogP contribution >= 0.6 is 0 Å². The van der Waals surface area contributed by atoms with Crippen LogP contribution < -0.4 is 0 Å². The third-order valence-corrected chi connectivity index (χ3v) is 5.44. The molecule has 4 unspecified atom stereocenters. The number of piperidine rings is 1. The van der Waals surface area contributed by atoms with Gasteiger partial charge < -0.3 is 0 Å². The van der Waals surface area contributed by atoms with E-state index in [2.05, 4.69) is 11.0 Å². The summed E-state index contributed by atoms with van der Waals surface area (Å²) in [7, 11) is 0. The molecule has 1 saturated heterocycles. The van der Waals surface area contributed by atoms with Gasteiger partial charge in [-0.05, 0) is 44.1 Å². The fraction of sp³-hybridized carbons (Fsp3) is 0.933. The second-order valence-corrected chi connectivity index (χ2v) is 6.32. The molecule has 3 fully saturated rings. The lowest BCUT2D eigenvalue weighted by molar-refractivity contribution is 0.0508. The van der Waals surface area contributed by atoms with E-state index in [9.17, 15) is 5.26 Å². The van der Waals surface area contributed by atoms with Crippen molar-refractivity contribution in [1.29, 1.82) is 5.26 Å². The van der Waals surface area contributed by atoms with Crippen LogP contribution in [0.1, 0.15) is 51.4 Å². The summed E-state index contributed by atoms with van der Waals surface area (Å²) in [5, 5.41) is 9.22. The minimum atomic E-state index is 0.329. The predicted octanol–water partition coefficient (Wildman–Crippen LogP) is 3.19. The number of likely N-dealkylation sites (tertiary alicyclic amines) is 1. The summed E-state index contributed by atoms with van der Waals surface area (Å²) in [6, 6.07) is 3.14. The van der Waals surface area contributed by atoms with Gasteiger partial charge in [-0.3, -0.25) is 4.90 Å². The Balaban J connectivity index is 1.63. The van der Waals surface area contributed by atoms with Crippen molar-refractivity contribution in [2.45, 2.75) is 57.4 Å². The van der Waals surface area contributed by atoms with Gasteiger partial charge in [-0.25, -0.2) is 0 Å². The average Bonchev–Trinajstić information content (AvgIpc) is 2.86. The van der Waals surface area contributed by atoms with Crippen molar-refractivity contribution >= 4 is 0 Å². The first-order valence-electron chi connectivity index (χ1n) is 7.52. The van der Waals surface area contributed by atoms with E-state index in [4.69, 9.17) is 0 Å². The van der Waals surface area contributed by atoms with Crippen molar-refractivity contribution in [2.75, 3.05) is 13.1 Å². The highest BCUT2D eigenvalue weighted by atomic mass is 15.2. The minimum absolute atomic E-state index is 0.329. The zero-order chi connectivity index (χ0) is 11.7. The van der Waals surface area contributed by atoms with E-state index in [0.717, 1.165) is 18.3 Å². The Bertz CT molecular complexity index is 307. The normalized spacial score (nSPS) is 43.0. The molecule has 0 radical (unpaired) electrons. The maximum Gasteiger partial charge on any atom is 0.0672 e. The molecule has 2 aliphatic carbocycles. The fourth-order valence-electron chi connectivity index (χ4n) is 4.46. The van der Waals surface area contributed by atoms with Crippen LogP contribution in [-0.4, -0.2) is 24.0 Å². The number of fused-ring (bicyclic) bond motifs is 1. The van der Waals surface area contributed by atoms with Crippen LogP contribution in [0.15, 0.2) is 0 Å². The summed E-state index contributed by atoms with van der Waals surface area (Å²) < 4.78 is 0. The molecule has 2 saturated carbocycles. The van der Waals surface area contributed by atoms with Gasteiger partial charge in [-0.15, -0.1) is 0 Å². The topological polar surface area (TPSA) is 27.0 Å². The Labute approximate surface area is 105 Å². The molecule has 0 N–H and O–H groups in total. The lowest BCUT2D eigenvalue weighted by Crippen LogP contribution is -2.47. The summed E-state index contributed by atoms with van der Waals surface area (Å²) in [4.78, 5) is 2.67. The van der Waals surface area contributed by atoms with Gasteiger partial charge in [-0.2, -0.15) is 5.26 Å². The van der Waals surface area contributed by atoms with E-state index in [-0.39, 0.29) is 0 Å². The maximum atomic E-state index is 9.22. The van der Waals surface area contributed by atoms with Crippen LogP contribution in [0.5, 0.6) is 0 Å². The standard InChI is InChI=1S/C15H24N2/c16-10-13-6-3-7-15(13)17-9-8-12-4-1-2-5-14(12)11-17/h12-15H,1-9,11H2. The molecule has 3 aliphatic rings. The molecule has 1 aliphatic heterocycles. The predicted molar refractivity (Wildman–Crippen MR) is 68.4 cm³/mol. The van der Waals surface area contributed by atoms with Gasteiger partial charge in [0.2, 0.25) is 0 Å². The Hall–Kier alpha value is -0.550. The molecular formula is C15H24N2. The summed E-state index contributed by atoms with van der Waals surface area (Å²) in [6.07, 6.45) is 10.9. The van der Waals surface area contributed by atoms with Gasteiger partial charge in [0.05, 0.1) is 12.0 Å². The van der Waals surface area contributed by atoms with Crippen molar-refractivity contribution in [3.8, 4) is 6.07 Å². The van der Waals surface area contributed by atoms with Crippen LogP contribution in [0.2, 0.25) is 0 Å². The zero-order valence-electron chi connectivity index (χ0n) is 10.8. The molecule has 0 aromatic rings. The molecule has 0 spiro atoms. The van der Waals surface area contributed by atoms with Crippen LogP contribution in [0, 0.1) is 29.1 Å². The van der Waals surface area contributed by atoms with Gasteiger partial charge in [0.1, 0.15) is 0 Å². The number of rotatable bonds is 1.